The summed E-state index contributed by atoms with van der Waals surface area (Å²) in [6.45, 7) is 0. The van der Waals surface area contributed by atoms with Crippen molar-refractivity contribution >= 4 is 142 Å². The molecule has 0 saturated heterocycles. The molecule has 18 heavy (non-hydrogen) atoms. The van der Waals surface area contributed by atoms with Crippen molar-refractivity contribution in [3.05, 3.63) is 0 Å². The first kappa shape index (κ1) is 37.0. The summed E-state index contributed by atoms with van der Waals surface area (Å²) < 4.78 is 0. The van der Waals surface area contributed by atoms with Gasteiger partial charge in [0.2, 0.25) is 0 Å². The van der Waals surface area contributed by atoms with Gasteiger partial charge in [-0.3, -0.25) is 9.59 Å². The van der Waals surface area contributed by atoms with Gasteiger partial charge in [0.1, 0.15) is 0 Å². The van der Waals surface area contributed by atoms with Crippen molar-refractivity contribution in [2.24, 2.45) is 0 Å². The normalized spacial score (nSPS) is 7.83. The number of aliphatic hydroxyl groups is 1. The molecule has 92 valence electrons. The van der Waals surface area contributed by atoms with Gasteiger partial charge in [0.05, 0.1) is 12.8 Å². The molecular weight excluding hydrogens is 313 g/mol. The molecule has 4 N–H and O–H groups in total. The van der Waals surface area contributed by atoms with Gasteiger partial charge in [-0.15, -0.1) is 12.4 Å². The van der Waals surface area contributed by atoms with Crippen LogP contribution in [0.2, 0.25) is 0 Å². The third-order valence-electron chi connectivity index (χ3n) is 1.29. The van der Waals surface area contributed by atoms with Crippen molar-refractivity contribution in [1.82, 2.24) is 0 Å². The number of halogens is 1. The molecule has 12 heteroatoms. The Labute approximate surface area is 192 Å². The van der Waals surface area contributed by atoms with Crippen LogP contribution in [-0.4, -0.2) is 156 Å². The van der Waals surface area contributed by atoms with Gasteiger partial charge in [0.15, 0.2) is 5.60 Å². The van der Waals surface area contributed by atoms with Crippen molar-refractivity contribution in [1.29, 1.82) is 0 Å². The van der Waals surface area contributed by atoms with Gasteiger partial charge in [0.25, 0.3) is 0 Å². The van der Waals surface area contributed by atoms with E-state index in [-0.39, 0.29) is 124 Å². The van der Waals surface area contributed by atoms with Gasteiger partial charge >= 0.3 is 130 Å². The number of carboxylic acids is 3. The molecule has 0 aliphatic heterocycles. The zero-order valence-electron chi connectivity index (χ0n) is 6.84. The van der Waals surface area contributed by atoms with E-state index in [4.69, 9.17) is 20.4 Å². The summed E-state index contributed by atoms with van der Waals surface area (Å²) in [5.74, 6) is -5.02. The number of hydrogen-bond acceptors (Lipinski definition) is 4. The molecule has 0 aromatic rings. The molecule has 0 aliphatic carbocycles. The second-order valence-corrected chi connectivity index (χ2v) is 2.48. The zero-order chi connectivity index (χ0) is 10.6. The van der Waals surface area contributed by atoms with E-state index in [9.17, 15) is 14.4 Å². The fourth-order valence-electron chi connectivity index (χ4n) is 0.714. The van der Waals surface area contributed by atoms with Crippen LogP contribution in [0.5, 0.6) is 0 Å². The van der Waals surface area contributed by atoms with Crippen molar-refractivity contribution in [2.75, 3.05) is 0 Å². The van der Waals surface area contributed by atoms with E-state index in [0.29, 0.717) is 0 Å². The summed E-state index contributed by atoms with van der Waals surface area (Å²) in [6.07, 6.45) is -2.29. The number of rotatable bonds is 5. The van der Waals surface area contributed by atoms with Crippen LogP contribution in [0.1, 0.15) is 12.8 Å². The SMILES string of the molecule is Cl.O=C(O)CC(O)(CC(=O)O)C(=O)O.[MgH2].[NaH].[NaH].[NaH]. The fraction of sp³-hybridized carbons (Fsp3) is 0.500. The molecule has 0 amide bonds. The maximum absolute atomic E-state index is 10.3. The Kier molecular flexibility index (Phi) is 36.0. The third kappa shape index (κ3) is 16.5. The predicted octanol–water partition coefficient (Wildman–Crippen LogP) is -3.69. The Balaban J connectivity index is -0.0000000720. The summed E-state index contributed by atoms with van der Waals surface area (Å²) in [5.41, 5.74) is -2.74. The van der Waals surface area contributed by atoms with Crippen molar-refractivity contribution in [2.45, 2.75) is 18.4 Å². The van der Waals surface area contributed by atoms with Crippen LogP contribution in [0.15, 0.2) is 0 Å². The van der Waals surface area contributed by atoms with E-state index in [0.717, 1.165) is 0 Å². The van der Waals surface area contributed by atoms with Crippen LogP contribution in [0, 0.1) is 0 Å². The molecule has 0 aromatic carbocycles. The van der Waals surface area contributed by atoms with Gasteiger partial charge in [-0.05, 0) is 0 Å². The number of aliphatic carboxylic acids is 3. The molecule has 0 spiro atoms. The molecule has 0 unspecified atom stereocenters. The number of carboxylic acid groups (broad SMARTS) is 3. The summed E-state index contributed by atoms with van der Waals surface area (Å²) in [5, 5.41) is 33.8. The average molecular weight is 327 g/mol. The Hall–Kier alpha value is 2.43. The molecule has 0 aromatic heterocycles. The first-order valence-corrected chi connectivity index (χ1v) is 3.17. The number of carbonyl (C=O) groups is 3. The summed E-state index contributed by atoms with van der Waals surface area (Å²) in [4.78, 5) is 30.5. The van der Waals surface area contributed by atoms with E-state index < -0.39 is 36.4 Å². The first-order chi connectivity index (χ1) is 5.78. The van der Waals surface area contributed by atoms with E-state index in [1.165, 1.54) is 0 Å². The Morgan fingerprint density at radius 1 is 0.833 bits per heavy atom. The van der Waals surface area contributed by atoms with Crippen LogP contribution in [0.4, 0.5) is 0 Å². The van der Waals surface area contributed by atoms with Crippen molar-refractivity contribution in [3.63, 3.8) is 0 Å². The van der Waals surface area contributed by atoms with Crippen LogP contribution in [-0.2, 0) is 14.4 Å². The molecule has 0 radical (unpaired) electrons. The monoisotopic (exact) mass is 326 g/mol. The topological polar surface area (TPSA) is 132 Å². The van der Waals surface area contributed by atoms with Crippen LogP contribution in [0.3, 0.4) is 0 Å². The van der Waals surface area contributed by atoms with Crippen LogP contribution < -0.4 is 0 Å². The summed E-state index contributed by atoms with van der Waals surface area (Å²) in [7, 11) is 0. The molecule has 0 aliphatic rings. The van der Waals surface area contributed by atoms with Crippen LogP contribution in [0.25, 0.3) is 0 Å². The minimum absolute atomic E-state index is 0. The van der Waals surface area contributed by atoms with E-state index in [1.807, 2.05) is 0 Å². The van der Waals surface area contributed by atoms with Gasteiger partial charge in [0, 0.05) is 0 Å². The molecule has 0 saturated carbocycles. The molecule has 0 rings (SSSR count). The van der Waals surface area contributed by atoms with Gasteiger partial charge in [-0.2, -0.15) is 0 Å². The van der Waals surface area contributed by atoms with E-state index in [2.05, 4.69) is 0 Å². The Morgan fingerprint density at radius 2 is 1.06 bits per heavy atom. The maximum atomic E-state index is 10.3. The zero-order valence-corrected chi connectivity index (χ0v) is 7.65. The second-order valence-electron chi connectivity index (χ2n) is 2.48. The minimum atomic E-state index is -2.74. The van der Waals surface area contributed by atoms with Crippen molar-refractivity contribution < 1.29 is 34.8 Å². The second kappa shape index (κ2) is 17.5. The summed E-state index contributed by atoms with van der Waals surface area (Å²) >= 11 is 0. The van der Waals surface area contributed by atoms with E-state index >= 15 is 0 Å². The standard InChI is InChI=1S/C6H8O7.ClH.Mg.3Na.5H/c7-3(8)1-6(13,5(11)12)2-4(9)10;;;;;;;;;;/h13H,1-2H2,(H,7,8)(H,9,10)(H,11,12);1H;;;;;;;;;. The van der Waals surface area contributed by atoms with Gasteiger partial charge in [-0.1, -0.05) is 0 Å². The molecular formula is C6H14ClMgNa3O7. The van der Waals surface area contributed by atoms with Crippen molar-refractivity contribution in [3.8, 4) is 0 Å². The summed E-state index contributed by atoms with van der Waals surface area (Å²) in [6, 6.07) is 0. The molecule has 0 fully saturated rings. The number of hydrogen-bond donors (Lipinski definition) is 4. The third-order valence-corrected chi connectivity index (χ3v) is 1.29. The van der Waals surface area contributed by atoms with Gasteiger partial charge < -0.3 is 20.4 Å². The molecule has 0 heterocycles. The first-order valence-electron chi connectivity index (χ1n) is 3.17. The Bertz CT molecular complexity index is 250. The van der Waals surface area contributed by atoms with E-state index in [1.54, 1.807) is 0 Å². The fourth-order valence-corrected chi connectivity index (χ4v) is 0.714. The van der Waals surface area contributed by atoms with Gasteiger partial charge in [-0.25, -0.2) is 4.79 Å². The quantitative estimate of drug-likeness (QED) is 0.382. The average Bonchev–Trinajstić information content (AvgIpc) is 1.82. The molecule has 7 nitrogen and oxygen atoms in total. The van der Waals surface area contributed by atoms with Crippen LogP contribution >= 0.6 is 12.4 Å². The predicted molar refractivity (Wildman–Crippen MR) is 74.3 cm³/mol. The molecule has 0 bridgehead atoms. The molecule has 0 atom stereocenters. The Morgan fingerprint density at radius 3 is 1.17 bits per heavy atom.